The zero-order valence-corrected chi connectivity index (χ0v) is 11.3. The Bertz CT molecular complexity index is 539. The van der Waals surface area contributed by atoms with Gasteiger partial charge in [-0.15, -0.1) is 12.4 Å². The van der Waals surface area contributed by atoms with Crippen LogP contribution in [0.3, 0.4) is 0 Å². The lowest BCUT2D eigenvalue weighted by molar-refractivity contribution is 0.490. The van der Waals surface area contributed by atoms with E-state index in [-0.39, 0.29) is 12.4 Å². The molecule has 9 heteroatoms. The molecule has 19 heavy (non-hydrogen) atoms. The molecule has 1 aliphatic heterocycles. The molecular formula is C10H12ClF3N2O2S. The van der Waals surface area contributed by atoms with Crippen LogP contribution in [-0.4, -0.2) is 27.5 Å². The zero-order chi connectivity index (χ0) is 13.3. The third-order valence-electron chi connectivity index (χ3n) is 2.61. The second-order valence-corrected chi connectivity index (χ2v) is 5.66. The third-order valence-corrected chi connectivity index (χ3v) is 4.19. The topological polar surface area (TPSA) is 58.2 Å². The molecule has 1 aromatic rings. The first-order chi connectivity index (χ1) is 8.40. The van der Waals surface area contributed by atoms with Gasteiger partial charge in [-0.2, -0.15) is 0 Å². The van der Waals surface area contributed by atoms with Gasteiger partial charge in [-0.05, 0) is 13.0 Å². The predicted molar refractivity (Wildman–Crippen MR) is 65.2 cm³/mol. The van der Waals surface area contributed by atoms with Crippen molar-refractivity contribution in [3.8, 4) is 0 Å². The Morgan fingerprint density at radius 2 is 1.79 bits per heavy atom. The number of rotatable bonds is 3. The van der Waals surface area contributed by atoms with Crippen molar-refractivity contribution in [1.29, 1.82) is 0 Å². The van der Waals surface area contributed by atoms with Gasteiger partial charge in [0.05, 0.1) is 0 Å². The molecule has 0 saturated carbocycles. The Labute approximate surface area is 114 Å². The van der Waals surface area contributed by atoms with Crippen molar-refractivity contribution in [1.82, 2.24) is 10.0 Å². The molecule has 2 rings (SSSR count). The van der Waals surface area contributed by atoms with Gasteiger partial charge in [-0.1, -0.05) is 0 Å². The third kappa shape index (κ3) is 3.59. The fourth-order valence-electron chi connectivity index (χ4n) is 1.82. The number of benzene rings is 1. The Kier molecular flexibility index (Phi) is 5.19. The highest BCUT2D eigenvalue weighted by Crippen LogP contribution is 2.20. The first-order valence-electron chi connectivity index (χ1n) is 5.28. The highest BCUT2D eigenvalue weighted by molar-refractivity contribution is 7.89. The van der Waals surface area contributed by atoms with E-state index in [1.807, 2.05) is 0 Å². The van der Waals surface area contributed by atoms with Gasteiger partial charge in [0.1, 0.15) is 17.5 Å². The summed E-state index contributed by atoms with van der Waals surface area (Å²) in [5.74, 6) is -4.04. The smallest absolute Gasteiger partial charge is 0.246 e. The lowest BCUT2D eigenvalue weighted by Crippen LogP contribution is -2.37. The van der Waals surface area contributed by atoms with Crippen LogP contribution in [0.25, 0.3) is 0 Å². The lowest BCUT2D eigenvalue weighted by atomic mass is 10.3. The molecule has 0 bridgehead atoms. The Hall–Kier alpha value is -0.830. The maximum Gasteiger partial charge on any atom is 0.246 e. The van der Waals surface area contributed by atoms with Crippen molar-refractivity contribution in [2.75, 3.05) is 13.1 Å². The van der Waals surface area contributed by atoms with Crippen LogP contribution in [-0.2, 0) is 10.0 Å². The number of sulfonamides is 1. The summed E-state index contributed by atoms with van der Waals surface area (Å²) in [7, 11) is -4.33. The van der Waals surface area contributed by atoms with Crippen molar-refractivity contribution in [2.24, 2.45) is 0 Å². The average Bonchev–Trinajstić information content (AvgIpc) is 2.66. The zero-order valence-electron chi connectivity index (χ0n) is 9.62. The lowest BCUT2D eigenvalue weighted by Gasteiger charge is -2.13. The summed E-state index contributed by atoms with van der Waals surface area (Å²) < 4.78 is 65.2. The van der Waals surface area contributed by atoms with Gasteiger partial charge in [-0.3, -0.25) is 0 Å². The summed E-state index contributed by atoms with van der Waals surface area (Å²) in [5.41, 5.74) is 0. The van der Waals surface area contributed by atoms with Crippen LogP contribution in [0, 0.1) is 17.5 Å². The van der Waals surface area contributed by atoms with Crippen molar-refractivity contribution in [3.63, 3.8) is 0 Å². The van der Waals surface area contributed by atoms with Crippen molar-refractivity contribution in [3.05, 3.63) is 29.6 Å². The van der Waals surface area contributed by atoms with Gasteiger partial charge in [0.2, 0.25) is 10.0 Å². The Balaban J connectivity index is 0.00000180. The minimum absolute atomic E-state index is 0. The van der Waals surface area contributed by atoms with Gasteiger partial charge >= 0.3 is 0 Å². The van der Waals surface area contributed by atoms with E-state index in [0.717, 1.165) is 0 Å². The fourth-order valence-corrected chi connectivity index (χ4v) is 3.21. The molecule has 0 spiro atoms. The van der Waals surface area contributed by atoms with Crippen LogP contribution in [0.15, 0.2) is 17.0 Å². The van der Waals surface area contributed by atoms with Crippen molar-refractivity contribution >= 4 is 22.4 Å². The SMILES string of the molecule is Cl.O=S(=O)(NC1CCNC1)c1c(F)cc(F)cc1F. The summed E-state index contributed by atoms with van der Waals surface area (Å²) >= 11 is 0. The summed E-state index contributed by atoms with van der Waals surface area (Å²) in [4.78, 5) is -1.14. The molecule has 0 aliphatic carbocycles. The van der Waals surface area contributed by atoms with Crippen molar-refractivity contribution < 1.29 is 21.6 Å². The summed E-state index contributed by atoms with van der Waals surface area (Å²) in [5, 5.41) is 2.91. The molecule has 1 fully saturated rings. The van der Waals surface area contributed by atoms with Crippen LogP contribution >= 0.6 is 12.4 Å². The van der Waals surface area contributed by atoms with E-state index >= 15 is 0 Å². The van der Waals surface area contributed by atoms with Gasteiger partial charge in [0.15, 0.2) is 4.90 Å². The quantitative estimate of drug-likeness (QED) is 0.880. The molecule has 4 nitrogen and oxygen atoms in total. The Morgan fingerprint density at radius 1 is 1.21 bits per heavy atom. The molecule has 1 aliphatic rings. The van der Waals surface area contributed by atoms with Gasteiger partial charge in [0.25, 0.3) is 0 Å². The van der Waals surface area contributed by atoms with Crippen LogP contribution < -0.4 is 10.0 Å². The molecule has 0 amide bonds. The minimum atomic E-state index is -4.33. The van der Waals surface area contributed by atoms with E-state index in [4.69, 9.17) is 0 Å². The van der Waals surface area contributed by atoms with Crippen LogP contribution in [0.4, 0.5) is 13.2 Å². The standard InChI is InChI=1S/C10H11F3N2O2S.ClH/c11-6-3-8(12)10(9(13)4-6)18(16,17)15-7-1-2-14-5-7;/h3-4,7,14-15H,1-2,5H2;1H. The first-order valence-corrected chi connectivity index (χ1v) is 6.76. The van der Waals surface area contributed by atoms with Gasteiger partial charge in [0, 0.05) is 24.7 Å². The second kappa shape index (κ2) is 6.08. The maximum atomic E-state index is 13.4. The van der Waals surface area contributed by atoms with E-state index in [0.29, 0.717) is 31.6 Å². The van der Waals surface area contributed by atoms with Gasteiger partial charge in [-0.25, -0.2) is 26.3 Å². The number of halogens is 4. The first kappa shape index (κ1) is 16.2. The van der Waals surface area contributed by atoms with E-state index in [1.165, 1.54) is 0 Å². The molecule has 0 aromatic heterocycles. The van der Waals surface area contributed by atoms with Crippen LogP contribution in [0.1, 0.15) is 6.42 Å². The molecule has 1 saturated heterocycles. The number of nitrogens with one attached hydrogen (secondary N) is 2. The van der Waals surface area contributed by atoms with Gasteiger partial charge < -0.3 is 5.32 Å². The minimum Gasteiger partial charge on any atom is -0.315 e. The van der Waals surface area contributed by atoms with E-state index < -0.39 is 38.4 Å². The van der Waals surface area contributed by atoms with E-state index in [1.54, 1.807) is 0 Å². The largest absolute Gasteiger partial charge is 0.315 e. The molecule has 108 valence electrons. The van der Waals surface area contributed by atoms with Crippen molar-refractivity contribution in [2.45, 2.75) is 17.4 Å². The van der Waals surface area contributed by atoms with Crippen LogP contribution in [0.5, 0.6) is 0 Å². The number of hydrogen-bond donors (Lipinski definition) is 2. The average molecular weight is 317 g/mol. The molecule has 2 N–H and O–H groups in total. The molecule has 1 atom stereocenters. The molecular weight excluding hydrogens is 305 g/mol. The number of hydrogen-bond acceptors (Lipinski definition) is 3. The molecule has 0 radical (unpaired) electrons. The highest BCUT2D eigenvalue weighted by atomic mass is 35.5. The normalized spacial score (nSPS) is 19.2. The van der Waals surface area contributed by atoms with E-state index in [9.17, 15) is 21.6 Å². The molecule has 1 unspecified atom stereocenters. The predicted octanol–water partition coefficient (Wildman–Crippen LogP) is 1.17. The summed E-state index contributed by atoms with van der Waals surface area (Å²) in [6.07, 6.45) is 0.531. The molecule has 1 heterocycles. The molecule has 1 aromatic carbocycles. The van der Waals surface area contributed by atoms with E-state index in [2.05, 4.69) is 10.0 Å². The second-order valence-electron chi connectivity index (χ2n) is 4.01. The summed E-state index contributed by atoms with van der Waals surface area (Å²) in [6.45, 7) is 1.02. The summed E-state index contributed by atoms with van der Waals surface area (Å²) in [6, 6.07) is 0.258. The highest BCUT2D eigenvalue weighted by Gasteiger charge is 2.28. The maximum absolute atomic E-state index is 13.4. The fraction of sp³-hybridized carbons (Fsp3) is 0.400. The monoisotopic (exact) mass is 316 g/mol. The Morgan fingerprint density at radius 3 is 2.26 bits per heavy atom. The van der Waals surface area contributed by atoms with Crippen LogP contribution in [0.2, 0.25) is 0 Å².